The summed E-state index contributed by atoms with van der Waals surface area (Å²) in [4.78, 5) is 22.1. The van der Waals surface area contributed by atoms with Gasteiger partial charge in [-0.2, -0.15) is 18.3 Å². The average Bonchev–Trinajstić information content (AvgIpc) is 3.31. The number of anilines is 2. The molecule has 4 aromatic rings. The Labute approximate surface area is 256 Å². The number of nitrogens with one attached hydrogen (secondary N) is 1. The molecule has 230 valence electrons. The number of amides is 1. The van der Waals surface area contributed by atoms with Crippen molar-refractivity contribution in [2.75, 3.05) is 18.4 Å². The Bertz CT molecular complexity index is 1590. The minimum atomic E-state index is -4.40. The van der Waals surface area contributed by atoms with Crippen LogP contribution in [-0.2, 0) is 31.1 Å². The third-order valence-corrected chi connectivity index (χ3v) is 7.91. The van der Waals surface area contributed by atoms with Crippen molar-refractivity contribution in [3.63, 3.8) is 0 Å². The van der Waals surface area contributed by atoms with Crippen LogP contribution in [0.15, 0.2) is 79.0 Å². The summed E-state index contributed by atoms with van der Waals surface area (Å²) in [7, 11) is 1.96. The number of carbonyl (C=O) groups is 1. The molecule has 5 rings (SSSR count). The lowest BCUT2D eigenvalue weighted by Gasteiger charge is -2.38. The number of hydrogen-bond donors (Lipinski definition) is 1. The SMILES string of the molecule is Cc1cc(Nc2ccc(CN(C(=O)/C=C/c3ccc(C(F)(F)F)cc3)C3CCN(Cc4cc(C)nn4C)CC3)cc2)ccn1. The predicted octanol–water partition coefficient (Wildman–Crippen LogP) is 6.90. The van der Waals surface area contributed by atoms with E-state index in [-0.39, 0.29) is 11.9 Å². The van der Waals surface area contributed by atoms with Crippen LogP contribution in [-0.4, -0.2) is 49.6 Å². The van der Waals surface area contributed by atoms with Gasteiger partial charge in [-0.3, -0.25) is 19.4 Å². The zero-order chi connectivity index (χ0) is 31.3. The lowest BCUT2D eigenvalue weighted by molar-refractivity contribution is -0.137. The number of aryl methyl sites for hydroxylation is 3. The third-order valence-electron chi connectivity index (χ3n) is 7.91. The molecule has 0 atom stereocenters. The van der Waals surface area contributed by atoms with Crippen LogP contribution in [0, 0.1) is 13.8 Å². The number of pyridine rings is 1. The number of piperidine rings is 1. The van der Waals surface area contributed by atoms with E-state index in [2.05, 4.69) is 26.4 Å². The molecular formula is C34H37F3N6O. The molecule has 1 N–H and O–H groups in total. The normalized spacial score (nSPS) is 14.7. The average molecular weight is 603 g/mol. The van der Waals surface area contributed by atoms with Crippen molar-refractivity contribution >= 4 is 23.4 Å². The Kier molecular flexibility index (Phi) is 9.49. The van der Waals surface area contributed by atoms with Crippen LogP contribution >= 0.6 is 0 Å². The maximum atomic E-state index is 13.6. The lowest BCUT2D eigenvalue weighted by Crippen LogP contribution is -2.46. The van der Waals surface area contributed by atoms with E-state index in [0.717, 1.165) is 78.6 Å². The maximum absolute atomic E-state index is 13.6. The molecule has 1 fully saturated rings. The van der Waals surface area contributed by atoms with Gasteiger partial charge >= 0.3 is 6.18 Å². The summed E-state index contributed by atoms with van der Waals surface area (Å²) >= 11 is 0. The summed E-state index contributed by atoms with van der Waals surface area (Å²) < 4.78 is 40.9. The number of aromatic nitrogens is 3. The first-order chi connectivity index (χ1) is 21.0. The predicted molar refractivity (Wildman–Crippen MR) is 166 cm³/mol. The number of halogens is 3. The molecule has 0 aliphatic carbocycles. The quantitative estimate of drug-likeness (QED) is 0.211. The van der Waals surface area contributed by atoms with Crippen molar-refractivity contribution in [1.82, 2.24) is 24.6 Å². The van der Waals surface area contributed by atoms with Crippen LogP contribution in [0.1, 0.15) is 46.6 Å². The van der Waals surface area contributed by atoms with Gasteiger partial charge in [-0.1, -0.05) is 24.3 Å². The molecule has 7 nitrogen and oxygen atoms in total. The topological polar surface area (TPSA) is 66.3 Å². The van der Waals surface area contributed by atoms with Crippen molar-refractivity contribution in [1.29, 1.82) is 0 Å². The van der Waals surface area contributed by atoms with Gasteiger partial charge in [-0.15, -0.1) is 0 Å². The largest absolute Gasteiger partial charge is 0.416 e. The number of hydrogen-bond acceptors (Lipinski definition) is 5. The molecule has 0 spiro atoms. The number of rotatable bonds is 9. The molecular weight excluding hydrogens is 565 g/mol. The van der Waals surface area contributed by atoms with Crippen LogP contribution in [0.2, 0.25) is 0 Å². The molecule has 2 aromatic carbocycles. The summed E-state index contributed by atoms with van der Waals surface area (Å²) in [5.74, 6) is -0.167. The summed E-state index contributed by atoms with van der Waals surface area (Å²) in [6, 6.07) is 18.8. The highest BCUT2D eigenvalue weighted by Crippen LogP contribution is 2.29. The van der Waals surface area contributed by atoms with Crippen LogP contribution in [0.3, 0.4) is 0 Å². The molecule has 3 heterocycles. The molecule has 1 saturated heterocycles. The van der Waals surface area contributed by atoms with Gasteiger partial charge in [0.05, 0.1) is 17.0 Å². The Hall–Kier alpha value is -4.44. The minimum absolute atomic E-state index is 0.0295. The first kappa shape index (κ1) is 31.0. The van der Waals surface area contributed by atoms with Crippen LogP contribution in [0.25, 0.3) is 6.08 Å². The fourth-order valence-corrected chi connectivity index (χ4v) is 5.54. The highest BCUT2D eigenvalue weighted by atomic mass is 19.4. The molecule has 0 saturated carbocycles. The van der Waals surface area contributed by atoms with Gasteiger partial charge in [0, 0.05) is 68.6 Å². The Morgan fingerprint density at radius 1 is 0.977 bits per heavy atom. The zero-order valence-corrected chi connectivity index (χ0v) is 25.2. The van der Waals surface area contributed by atoms with E-state index in [4.69, 9.17) is 0 Å². The first-order valence-corrected chi connectivity index (χ1v) is 14.7. The van der Waals surface area contributed by atoms with Gasteiger partial charge in [0.1, 0.15) is 0 Å². The van der Waals surface area contributed by atoms with Gasteiger partial charge in [0.25, 0.3) is 0 Å². The van der Waals surface area contributed by atoms with Gasteiger partial charge in [0.15, 0.2) is 0 Å². The Balaban J connectivity index is 1.29. The highest BCUT2D eigenvalue weighted by molar-refractivity contribution is 5.92. The van der Waals surface area contributed by atoms with Crippen molar-refractivity contribution < 1.29 is 18.0 Å². The lowest BCUT2D eigenvalue weighted by atomic mass is 10.0. The van der Waals surface area contributed by atoms with Crippen LogP contribution in [0.5, 0.6) is 0 Å². The number of nitrogens with zero attached hydrogens (tertiary/aromatic N) is 5. The van der Waals surface area contributed by atoms with Crippen molar-refractivity contribution in [3.8, 4) is 0 Å². The molecule has 1 aliphatic heterocycles. The maximum Gasteiger partial charge on any atom is 0.416 e. The smallest absolute Gasteiger partial charge is 0.355 e. The molecule has 0 unspecified atom stereocenters. The molecule has 1 amide bonds. The van der Waals surface area contributed by atoms with E-state index in [1.807, 2.05) is 66.9 Å². The Morgan fingerprint density at radius 2 is 1.68 bits per heavy atom. The van der Waals surface area contributed by atoms with E-state index >= 15 is 0 Å². The number of likely N-dealkylation sites (tertiary alicyclic amines) is 1. The zero-order valence-electron chi connectivity index (χ0n) is 25.2. The summed E-state index contributed by atoms with van der Waals surface area (Å²) in [6.45, 7) is 6.84. The number of benzene rings is 2. The third kappa shape index (κ3) is 8.13. The molecule has 2 aromatic heterocycles. The number of carbonyl (C=O) groups excluding carboxylic acids is 1. The fraction of sp³-hybridized carbons (Fsp3) is 0.324. The fourth-order valence-electron chi connectivity index (χ4n) is 5.54. The van der Waals surface area contributed by atoms with Gasteiger partial charge in [0.2, 0.25) is 5.91 Å². The van der Waals surface area contributed by atoms with Gasteiger partial charge < -0.3 is 10.2 Å². The monoisotopic (exact) mass is 602 g/mol. The second kappa shape index (κ2) is 13.5. The standard InChI is InChI=1S/C34H37F3N6O/c1-24-20-30(14-17-38-24)39-29-11-6-27(7-12-29)22-43(33(44)13-8-26-4-9-28(10-5-26)34(35,36)37)31-15-18-42(19-16-31)23-32-21-25(2)40-41(32)3/h4-14,17,20-21,31H,15-16,18-19,22-23H2,1-3H3,(H,38,39)/b13-8+. The Morgan fingerprint density at radius 3 is 2.30 bits per heavy atom. The van der Waals surface area contributed by atoms with Crippen molar-refractivity contribution in [2.45, 2.75) is 52.0 Å². The van der Waals surface area contributed by atoms with E-state index in [9.17, 15) is 18.0 Å². The summed E-state index contributed by atoms with van der Waals surface area (Å²) in [5.41, 5.74) is 5.76. The van der Waals surface area contributed by atoms with Crippen LogP contribution < -0.4 is 5.32 Å². The minimum Gasteiger partial charge on any atom is -0.355 e. The molecule has 1 aliphatic rings. The van der Waals surface area contributed by atoms with Crippen molar-refractivity contribution in [2.24, 2.45) is 7.05 Å². The number of alkyl halides is 3. The summed E-state index contributed by atoms with van der Waals surface area (Å²) in [6.07, 6.45) is 2.04. The van der Waals surface area contributed by atoms with Crippen LogP contribution in [0.4, 0.5) is 24.5 Å². The second-order valence-electron chi connectivity index (χ2n) is 11.3. The van der Waals surface area contributed by atoms with Gasteiger partial charge in [-0.25, -0.2) is 0 Å². The molecule has 10 heteroatoms. The van der Waals surface area contributed by atoms with E-state index in [1.54, 1.807) is 12.3 Å². The molecule has 44 heavy (non-hydrogen) atoms. The van der Waals surface area contributed by atoms with E-state index in [0.29, 0.717) is 12.1 Å². The molecule has 0 bridgehead atoms. The van der Waals surface area contributed by atoms with Gasteiger partial charge in [-0.05, 0) is 86.4 Å². The first-order valence-electron chi connectivity index (χ1n) is 14.7. The highest BCUT2D eigenvalue weighted by Gasteiger charge is 2.30. The second-order valence-corrected chi connectivity index (χ2v) is 11.3. The van der Waals surface area contributed by atoms with E-state index < -0.39 is 11.7 Å². The molecule has 0 radical (unpaired) electrons. The summed E-state index contributed by atoms with van der Waals surface area (Å²) in [5, 5.41) is 7.83. The van der Waals surface area contributed by atoms with Crippen molar-refractivity contribution in [3.05, 3.63) is 113 Å². The van der Waals surface area contributed by atoms with E-state index in [1.165, 1.54) is 18.2 Å².